The van der Waals surface area contributed by atoms with E-state index < -0.39 is 0 Å². The highest BCUT2D eigenvalue weighted by molar-refractivity contribution is 4.94. The van der Waals surface area contributed by atoms with Gasteiger partial charge in [0.1, 0.15) is 0 Å². The molecule has 5 atom stereocenters. The summed E-state index contributed by atoms with van der Waals surface area (Å²) in [5.41, 5.74) is 0. The molecular formula is C15H28. The summed E-state index contributed by atoms with van der Waals surface area (Å²) in [4.78, 5) is 0. The number of hydrogen-bond acceptors (Lipinski definition) is 0. The first-order chi connectivity index (χ1) is 7.27. The molecule has 2 fully saturated rings. The Balaban J connectivity index is 2.09. The van der Waals surface area contributed by atoms with Crippen molar-refractivity contribution < 1.29 is 0 Å². The van der Waals surface area contributed by atoms with Gasteiger partial charge in [0.2, 0.25) is 0 Å². The van der Waals surface area contributed by atoms with E-state index in [1.165, 1.54) is 32.1 Å². The lowest BCUT2D eigenvalue weighted by Crippen LogP contribution is -2.29. The Kier molecular flexibility index (Phi) is 3.74. The van der Waals surface area contributed by atoms with E-state index in [4.69, 9.17) is 0 Å². The fourth-order valence-electron chi connectivity index (χ4n) is 4.70. The molecule has 2 saturated carbocycles. The molecule has 0 heteroatoms. The third kappa shape index (κ3) is 2.10. The van der Waals surface area contributed by atoms with Crippen LogP contribution in [-0.2, 0) is 0 Å². The van der Waals surface area contributed by atoms with E-state index >= 15 is 0 Å². The van der Waals surface area contributed by atoms with Crippen LogP contribution in [0.5, 0.6) is 0 Å². The van der Waals surface area contributed by atoms with Crippen molar-refractivity contribution in [1.82, 2.24) is 0 Å². The van der Waals surface area contributed by atoms with E-state index in [9.17, 15) is 0 Å². The second-order valence-electron chi connectivity index (χ2n) is 6.10. The third-order valence-electron chi connectivity index (χ3n) is 5.28. The predicted molar refractivity (Wildman–Crippen MR) is 66.8 cm³/mol. The van der Waals surface area contributed by atoms with Crippen molar-refractivity contribution in [3.63, 3.8) is 0 Å². The summed E-state index contributed by atoms with van der Waals surface area (Å²) in [6.45, 7) is 7.30. The Bertz CT molecular complexity index is 190. The van der Waals surface area contributed by atoms with Gasteiger partial charge in [0.25, 0.3) is 0 Å². The van der Waals surface area contributed by atoms with Crippen molar-refractivity contribution in [2.45, 2.75) is 65.7 Å². The minimum absolute atomic E-state index is 1.02. The van der Waals surface area contributed by atoms with Gasteiger partial charge in [0, 0.05) is 0 Å². The van der Waals surface area contributed by atoms with Crippen LogP contribution in [0.4, 0.5) is 0 Å². The monoisotopic (exact) mass is 208 g/mol. The topological polar surface area (TPSA) is 0 Å². The summed E-state index contributed by atoms with van der Waals surface area (Å²) in [5, 5.41) is 0. The normalized spacial score (nSPS) is 45.4. The highest BCUT2D eigenvalue weighted by Gasteiger charge is 2.44. The van der Waals surface area contributed by atoms with E-state index in [1.54, 1.807) is 12.8 Å². The van der Waals surface area contributed by atoms with Crippen LogP contribution in [-0.4, -0.2) is 0 Å². The standard InChI is InChI=1S/C15H28/c1-4-7-14-11(3)10-13-9-6-8-12(5-2)15(13)14/h11-15H,4-10H2,1-3H3/t11-,12+,13?,14+,15?/m1/s1. The van der Waals surface area contributed by atoms with Crippen LogP contribution in [0.3, 0.4) is 0 Å². The second-order valence-corrected chi connectivity index (χ2v) is 6.10. The molecule has 0 aromatic carbocycles. The third-order valence-corrected chi connectivity index (χ3v) is 5.28. The number of hydrogen-bond donors (Lipinski definition) is 0. The number of rotatable bonds is 3. The van der Waals surface area contributed by atoms with Crippen LogP contribution in [0.2, 0.25) is 0 Å². The Hall–Kier alpha value is 0. The molecule has 0 spiro atoms. The van der Waals surface area contributed by atoms with E-state index in [0.29, 0.717) is 0 Å². The van der Waals surface area contributed by atoms with E-state index in [1.807, 2.05) is 0 Å². The van der Waals surface area contributed by atoms with Gasteiger partial charge in [-0.05, 0) is 36.0 Å². The first-order valence-electron chi connectivity index (χ1n) is 7.27. The minimum Gasteiger partial charge on any atom is -0.0654 e. The van der Waals surface area contributed by atoms with Gasteiger partial charge in [0.15, 0.2) is 0 Å². The highest BCUT2D eigenvalue weighted by Crippen LogP contribution is 2.53. The Morgan fingerprint density at radius 3 is 2.60 bits per heavy atom. The van der Waals surface area contributed by atoms with Gasteiger partial charge in [0.05, 0.1) is 0 Å². The molecule has 0 bridgehead atoms. The van der Waals surface area contributed by atoms with Gasteiger partial charge in [-0.2, -0.15) is 0 Å². The SMILES string of the molecule is CCC[C@@H]1C2C(CCC[C@@H]2CC)C[C@H]1C. The molecule has 0 amide bonds. The van der Waals surface area contributed by atoms with Crippen molar-refractivity contribution in [1.29, 1.82) is 0 Å². The Morgan fingerprint density at radius 2 is 1.93 bits per heavy atom. The van der Waals surface area contributed by atoms with Gasteiger partial charge >= 0.3 is 0 Å². The lowest BCUT2D eigenvalue weighted by atomic mass is 9.68. The molecule has 0 heterocycles. The molecule has 0 aliphatic heterocycles. The van der Waals surface area contributed by atoms with E-state index in [0.717, 1.165) is 29.6 Å². The highest BCUT2D eigenvalue weighted by atomic mass is 14.5. The second kappa shape index (κ2) is 4.89. The van der Waals surface area contributed by atoms with Crippen LogP contribution in [0.25, 0.3) is 0 Å². The number of fused-ring (bicyclic) bond motifs is 1. The Morgan fingerprint density at radius 1 is 1.13 bits per heavy atom. The first kappa shape index (κ1) is 11.5. The molecule has 0 aromatic heterocycles. The van der Waals surface area contributed by atoms with Crippen molar-refractivity contribution in [2.24, 2.45) is 29.6 Å². The lowest BCUT2D eigenvalue weighted by molar-refractivity contribution is 0.126. The maximum atomic E-state index is 2.52. The summed E-state index contributed by atoms with van der Waals surface area (Å²) in [7, 11) is 0. The predicted octanol–water partition coefficient (Wildman–Crippen LogP) is 4.89. The average molecular weight is 208 g/mol. The quantitative estimate of drug-likeness (QED) is 0.620. The maximum absolute atomic E-state index is 2.52. The summed E-state index contributed by atoms with van der Waals surface area (Å²) in [6, 6.07) is 0. The summed E-state index contributed by atoms with van der Waals surface area (Å²) in [5.74, 6) is 5.39. The summed E-state index contributed by atoms with van der Waals surface area (Å²) in [6.07, 6.45) is 10.5. The van der Waals surface area contributed by atoms with Crippen LogP contribution in [0.15, 0.2) is 0 Å². The molecular weight excluding hydrogens is 180 g/mol. The zero-order chi connectivity index (χ0) is 10.8. The van der Waals surface area contributed by atoms with Crippen LogP contribution < -0.4 is 0 Å². The molecule has 2 aliphatic carbocycles. The van der Waals surface area contributed by atoms with Gasteiger partial charge in [-0.25, -0.2) is 0 Å². The zero-order valence-corrected chi connectivity index (χ0v) is 10.8. The van der Waals surface area contributed by atoms with Crippen molar-refractivity contribution >= 4 is 0 Å². The maximum Gasteiger partial charge on any atom is -0.0326 e. The zero-order valence-electron chi connectivity index (χ0n) is 10.8. The van der Waals surface area contributed by atoms with Crippen molar-refractivity contribution in [3.05, 3.63) is 0 Å². The molecule has 2 unspecified atom stereocenters. The fraction of sp³-hybridized carbons (Fsp3) is 1.00. The molecule has 2 rings (SSSR count). The van der Waals surface area contributed by atoms with Crippen LogP contribution in [0.1, 0.15) is 65.7 Å². The van der Waals surface area contributed by atoms with Gasteiger partial charge in [-0.1, -0.05) is 59.3 Å². The van der Waals surface area contributed by atoms with Crippen molar-refractivity contribution in [3.8, 4) is 0 Å². The largest absolute Gasteiger partial charge is 0.0654 e. The molecule has 15 heavy (non-hydrogen) atoms. The molecule has 88 valence electrons. The van der Waals surface area contributed by atoms with Crippen LogP contribution >= 0.6 is 0 Å². The molecule has 0 aromatic rings. The van der Waals surface area contributed by atoms with Crippen molar-refractivity contribution in [2.75, 3.05) is 0 Å². The summed E-state index contributed by atoms with van der Waals surface area (Å²) >= 11 is 0. The molecule has 0 N–H and O–H groups in total. The van der Waals surface area contributed by atoms with E-state index in [-0.39, 0.29) is 0 Å². The van der Waals surface area contributed by atoms with Gasteiger partial charge < -0.3 is 0 Å². The molecule has 0 radical (unpaired) electrons. The average Bonchev–Trinajstić information content (AvgIpc) is 2.56. The molecule has 0 saturated heterocycles. The van der Waals surface area contributed by atoms with Crippen LogP contribution in [0, 0.1) is 29.6 Å². The lowest BCUT2D eigenvalue weighted by Gasteiger charge is -2.37. The van der Waals surface area contributed by atoms with Gasteiger partial charge in [-0.15, -0.1) is 0 Å². The summed E-state index contributed by atoms with van der Waals surface area (Å²) < 4.78 is 0. The Labute approximate surface area is 95.8 Å². The molecule has 0 nitrogen and oxygen atoms in total. The first-order valence-corrected chi connectivity index (χ1v) is 7.27. The van der Waals surface area contributed by atoms with Gasteiger partial charge in [-0.3, -0.25) is 0 Å². The minimum atomic E-state index is 1.02. The smallest absolute Gasteiger partial charge is 0.0326 e. The molecule has 2 aliphatic rings. The van der Waals surface area contributed by atoms with E-state index in [2.05, 4.69) is 20.8 Å². The fourth-order valence-corrected chi connectivity index (χ4v) is 4.70.